The van der Waals surface area contributed by atoms with Gasteiger partial charge in [0.05, 0.1) is 0 Å². The van der Waals surface area contributed by atoms with Gasteiger partial charge in [-0.05, 0) is 6.07 Å². The molecule has 5 nitrogen and oxygen atoms in total. The SMILES string of the molecule is N#Cc1ccnc(N2CCC(=O)CC2)n1. The van der Waals surface area contributed by atoms with E-state index in [1.165, 1.54) is 0 Å². The predicted molar refractivity (Wildman–Crippen MR) is 53.2 cm³/mol. The van der Waals surface area contributed by atoms with Gasteiger partial charge in [-0.15, -0.1) is 0 Å². The Morgan fingerprint density at radius 2 is 2.13 bits per heavy atom. The largest absolute Gasteiger partial charge is 0.340 e. The Labute approximate surface area is 87.4 Å². The summed E-state index contributed by atoms with van der Waals surface area (Å²) in [5.74, 6) is 0.823. The monoisotopic (exact) mass is 202 g/mol. The Kier molecular flexibility index (Phi) is 2.59. The zero-order chi connectivity index (χ0) is 10.7. The molecule has 0 saturated carbocycles. The first-order chi connectivity index (χ1) is 7.29. The van der Waals surface area contributed by atoms with Crippen molar-refractivity contribution in [1.29, 1.82) is 5.26 Å². The Morgan fingerprint density at radius 1 is 1.40 bits per heavy atom. The van der Waals surface area contributed by atoms with E-state index in [9.17, 15) is 4.79 Å². The van der Waals surface area contributed by atoms with Gasteiger partial charge in [0.25, 0.3) is 0 Å². The first-order valence-corrected chi connectivity index (χ1v) is 4.79. The van der Waals surface area contributed by atoms with Gasteiger partial charge in [-0.3, -0.25) is 4.79 Å². The Balaban J connectivity index is 2.16. The molecule has 1 aliphatic heterocycles. The number of hydrogen-bond acceptors (Lipinski definition) is 5. The molecule has 76 valence electrons. The quantitative estimate of drug-likeness (QED) is 0.663. The van der Waals surface area contributed by atoms with E-state index in [1.54, 1.807) is 12.3 Å². The van der Waals surface area contributed by atoms with Crippen LogP contribution in [0.5, 0.6) is 0 Å². The summed E-state index contributed by atoms with van der Waals surface area (Å²) in [6, 6.07) is 3.54. The molecule has 1 aromatic rings. The number of anilines is 1. The molecule has 0 bridgehead atoms. The van der Waals surface area contributed by atoms with Crippen molar-refractivity contribution in [3.63, 3.8) is 0 Å². The number of piperidine rings is 1. The highest BCUT2D eigenvalue weighted by Gasteiger charge is 2.18. The molecule has 1 fully saturated rings. The number of nitriles is 1. The van der Waals surface area contributed by atoms with E-state index in [-0.39, 0.29) is 5.78 Å². The van der Waals surface area contributed by atoms with Crippen molar-refractivity contribution in [2.75, 3.05) is 18.0 Å². The van der Waals surface area contributed by atoms with Crippen LogP contribution < -0.4 is 4.90 Å². The lowest BCUT2D eigenvalue weighted by Crippen LogP contribution is -2.35. The second kappa shape index (κ2) is 4.05. The third-order valence-electron chi connectivity index (χ3n) is 2.36. The third kappa shape index (κ3) is 2.10. The van der Waals surface area contributed by atoms with E-state index in [1.807, 2.05) is 11.0 Å². The number of rotatable bonds is 1. The highest BCUT2D eigenvalue weighted by atomic mass is 16.1. The molecule has 1 saturated heterocycles. The summed E-state index contributed by atoms with van der Waals surface area (Å²) in [5.41, 5.74) is 0.358. The summed E-state index contributed by atoms with van der Waals surface area (Å²) in [4.78, 5) is 21.1. The molecule has 2 heterocycles. The van der Waals surface area contributed by atoms with Crippen LogP contribution in [0.15, 0.2) is 12.3 Å². The van der Waals surface area contributed by atoms with Crippen molar-refractivity contribution in [1.82, 2.24) is 9.97 Å². The van der Waals surface area contributed by atoms with Crippen LogP contribution in [-0.2, 0) is 4.79 Å². The summed E-state index contributed by atoms with van der Waals surface area (Å²) < 4.78 is 0. The number of ketones is 1. The number of hydrogen-bond donors (Lipinski definition) is 0. The molecule has 1 aliphatic rings. The highest BCUT2D eigenvalue weighted by Crippen LogP contribution is 2.13. The molecule has 0 radical (unpaired) electrons. The molecule has 5 heteroatoms. The van der Waals surface area contributed by atoms with Gasteiger partial charge in [0.15, 0.2) is 0 Å². The molecule has 15 heavy (non-hydrogen) atoms. The zero-order valence-corrected chi connectivity index (χ0v) is 8.18. The standard InChI is InChI=1S/C10H10N4O/c11-7-8-1-4-12-10(13-8)14-5-2-9(15)3-6-14/h1,4H,2-3,5-6H2. The Bertz CT molecular complexity index is 414. The van der Waals surface area contributed by atoms with Gasteiger partial charge < -0.3 is 4.90 Å². The smallest absolute Gasteiger partial charge is 0.226 e. The summed E-state index contributed by atoms with van der Waals surface area (Å²) in [6.07, 6.45) is 2.65. The van der Waals surface area contributed by atoms with Crippen molar-refractivity contribution in [3.8, 4) is 6.07 Å². The lowest BCUT2D eigenvalue weighted by Gasteiger charge is -2.25. The molecule has 1 aromatic heterocycles. The van der Waals surface area contributed by atoms with E-state index < -0.39 is 0 Å². The minimum absolute atomic E-state index is 0.280. The lowest BCUT2D eigenvalue weighted by molar-refractivity contribution is -0.119. The highest BCUT2D eigenvalue weighted by molar-refractivity contribution is 5.80. The first-order valence-electron chi connectivity index (χ1n) is 4.79. The molecule has 2 rings (SSSR count). The molecule has 0 N–H and O–H groups in total. The Hall–Kier alpha value is -1.96. The van der Waals surface area contributed by atoms with E-state index in [0.29, 0.717) is 37.6 Å². The fourth-order valence-corrected chi connectivity index (χ4v) is 1.52. The van der Waals surface area contributed by atoms with Crippen molar-refractivity contribution < 1.29 is 4.79 Å². The van der Waals surface area contributed by atoms with Crippen LogP contribution in [0, 0.1) is 11.3 Å². The van der Waals surface area contributed by atoms with Gasteiger partial charge in [-0.1, -0.05) is 0 Å². The number of nitrogens with zero attached hydrogens (tertiary/aromatic N) is 4. The van der Waals surface area contributed by atoms with Gasteiger partial charge >= 0.3 is 0 Å². The van der Waals surface area contributed by atoms with Gasteiger partial charge in [0.1, 0.15) is 17.5 Å². The zero-order valence-electron chi connectivity index (χ0n) is 8.18. The van der Waals surface area contributed by atoms with Crippen molar-refractivity contribution in [2.24, 2.45) is 0 Å². The molecular formula is C10H10N4O. The predicted octanol–water partition coefficient (Wildman–Crippen LogP) is 0.518. The number of carbonyl (C=O) groups is 1. The molecule has 0 atom stereocenters. The Morgan fingerprint density at radius 3 is 2.80 bits per heavy atom. The average Bonchev–Trinajstić information content (AvgIpc) is 2.30. The average molecular weight is 202 g/mol. The molecule has 0 unspecified atom stereocenters. The van der Waals surface area contributed by atoms with Gasteiger partial charge in [-0.2, -0.15) is 5.26 Å². The summed E-state index contributed by atoms with van der Waals surface area (Å²) in [7, 11) is 0. The van der Waals surface area contributed by atoms with E-state index in [4.69, 9.17) is 5.26 Å². The van der Waals surface area contributed by atoms with Crippen LogP contribution in [0.3, 0.4) is 0 Å². The van der Waals surface area contributed by atoms with Gasteiger partial charge in [0.2, 0.25) is 5.95 Å². The number of aromatic nitrogens is 2. The van der Waals surface area contributed by atoms with E-state index in [2.05, 4.69) is 9.97 Å². The van der Waals surface area contributed by atoms with Crippen LogP contribution in [0.2, 0.25) is 0 Å². The molecule has 0 aromatic carbocycles. The number of Topliss-reactive ketones (excluding diaryl/α,β-unsaturated/α-hetero) is 1. The maximum Gasteiger partial charge on any atom is 0.226 e. The molecule has 0 amide bonds. The van der Waals surface area contributed by atoms with Crippen LogP contribution in [0.25, 0.3) is 0 Å². The first kappa shape index (κ1) is 9.59. The fourth-order valence-electron chi connectivity index (χ4n) is 1.52. The van der Waals surface area contributed by atoms with E-state index in [0.717, 1.165) is 0 Å². The minimum Gasteiger partial charge on any atom is -0.340 e. The fraction of sp³-hybridized carbons (Fsp3) is 0.400. The minimum atomic E-state index is 0.280. The van der Waals surface area contributed by atoms with Crippen molar-refractivity contribution >= 4 is 11.7 Å². The van der Waals surface area contributed by atoms with Crippen molar-refractivity contribution in [3.05, 3.63) is 18.0 Å². The topological polar surface area (TPSA) is 69.9 Å². The second-order valence-electron chi connectivity index (χ2n) is 3.38. The summed E-state index contributed by atoms with van der Waals surface area (Å²) in [5, 5.41) is 8.69. The maximum atomic E-state index is 11.0. The van der Waals surface area contributed by atoms with Crippen LogP contribution in [0.4, 0.5) is 5.95 Å². The van der Waals surface area contributed by atoms with Crippen molar-refractivity contribution in [2.45, 2.75) is 12.8 Å². The summed E-state index contributed by atoms with van der Waals surface area (Å²) in [6.45, 7) is 1.29. The molecule has 0 spiro atoms. The number of carbonyl (C=O) groups excluding carboxylic acids is 1. The molecular weight excluding hydrogens is 192 g/mol. The summed E-state index contributed by atoms with van der Waals surface area (Å²) >= 11 is 0. The lowest BCUT2D eigenvalue weighted by atomic mass is 10.1. The van der Waals surface area contributed by atoms with Crippen LogP contribution >= 0.6 is 0 Å². The second-order valence-corrected chi connectivity index (χ2v) is 3.38. The third-order valence-corrected chi connectivity index (χ3v) is 2.36. The van der Waals surface area contributed by atoms with Crippen LogP contribution in [-0.4, -0.2) is 28.8 Å². The van der Waals surface area contributed by atoms with Gasteiger partial charge in [-0.25, -0.2) is 9.97 Å². The molecule has 0 aliphatic carbocycles. The maximum absolute atomic E-state index is 11.0. The van der Waals surface area contributed by atoms with E-state index >= 15 is 0 Å². The normalized spacial score (nSPS) is 16.2. The van der Waals surface area contributed by atoms with Crippen LogP contribution in [0.1, 0.15) is 18.5 Å². The van der Waals surface area contributed by atoms with Gasteiger partial charge in [0, 0.05) is 32.1 Å².